The fourth-order valence-electron chi connectivity index (χ4n) is 3.33. The van der Waals surface area contributed by atoms with Gasteiger partial charge in [0.25, 0.3) is 0 Å². The predicted molar refractivity (Wildman–Crippen MR) is 88.3 cm³/mol. The lowest BCUT2D eigenvalue weighted by atomic mass is 9.85. The molecule has 2 rings (SSSR count). The van der Waals surface area contributed by atoms with Crippen LogP contribution in [0.1, 0.15) is 31.7 Å². The highest BCUT2D eigenvalue weighted by molar-refractivity contribution is 5.10. The zero-order valence-corrected chi connectivity index (χ0v) is 13.6. The molecule has 0 bridgehead atoms. The highest BCUT2D eigenvalue weighted by Gasteiger charge is 2.36. The molecule has 1 aliphatic heterocycles. The molecule has 0 atom stereocenters. The molecule has 0 saturated carbocycles. The Kier molecular flexibility index (Phi) is 6.15. The summed E-state index contributed by atoms with van der Waals surface area (Å²) in [5.74, 6) is 0. The SMILES string of the molecule is CCCN1CCC(CN)(N(C)CCc2ccncc2)CC1. The molecule has 21 heavy (non-hydrogen) atoms. The molecule has 0 spiro atoms. The normalized spacial score (nSPS) is 19.0. The number of likely N-dealkylation sites (N-methyl/N-ethyl adjacent to an activating group) is 1. The summed E-state index contributed by atoms with van der Waals surface area (Å²) in [5.41, 5.74) is 7.70. The summed E-state index contributed by atoms with van der Waals surface area (Å²) in [6.07, 6.45) is 8.44. The van der Waals surface area contributed by atoms with Crippen molar-refractivity contribution >= 4 is 0 Å². The van der Waals surface area contributed by atoms with Gasteiger partial charge in [0, 0.05) is 31.0 Å². The summed E-state index contributed by atoms with van der Waals surface area (Å²) in [5, 5.41) is 0. The van der Waals surface area contributed by atoms with E-state index in [1.165, 1.54) is 44.5 Å². The number of hydrogen-bond donors (Lipinski definition) is 1. The minimum Gasteiger partial charge on any atom is -0.329 e. The van der Waals surface area contributed by atoms with Crippen LogP contribution in [0.5, 0.6) is 0 Å². The third-order valence-electron chi connectivity index (χ3n) is 5.00. The summed E-state index contributed by atoms with van der Waals surface area (Å²) < 4.78 is 0. The molecule has 0 radical (unpaired) electrons. The van der Waals surface area contributed by atoms with Crippen LogP contribution in [0.2, 0.25) is 0 Å². The third-order valence-corrected chi connectivity index (χ3v) is 5.00. The second-order valence-corrected chi connectivity index (χ2v) is 6.30. The Morgan fingerprint density at radius 2 is 1.95 bits per heavy atom. The maximum Gasteiger partial charge on any atom is 0.0353 e. The average molecular weight is 290 g/mol. The number of hydrogen-bond acceptors (Lipinski definition) is 4. The molecule has 0 unspecified atom stereocenters. The third kappa shape index (κ3) is 4.25. The lowest BCUT2D eigenvalue weighted by Gasteiger charge is -2.47. The highest BCUT2D eigenvalue weighted by Crippen LogP contribution is 2.27. The van der Waals surface area contributed by atoms with E-state index >= 15 is 0 Å². The Balaban J connectivity index is 1.88. The van der Waals surface area contributed by atoms with Gasteiger partial charge in [0.1, 0.15) is 0 Å². The Labute approximate surface area is 129 Å². The van der Waals surface area contributed by atoms with Crippen LogP contribution in [0.15, 0.2) is 24.5 Å². The maximum atomic E-state index is 6.16. The van der Waals surface area contributed by atoms with Crippen LogP contribution < -0.4 is 5.73 Å². The van der Waals surface area contributed by atoms with Crippen molar-refractivity contribution in [2.24, 2.45) is 5.73 Å². The first-order valence-corrected chi connectivity index (χ1v) is 8.23. The van der Waals surface area contributed by atoms with Gasteiger partial charge in [0.15, 0.2) is 0 Å². The predicted octanol–water partition coefficient (Wildman–Crippen LogP) is 1.76. The standard InChI is InChI=1S/C17H30N4/c1-3-11-21-13-7-17(15-18,8-14-21)20(2)12-6-16-4-9-19-10-5-16/h4-5,9-10H,3,6-8,11-15,18H2,1-2H3. The van der Waals surface area contributed by atoms with E-state index in [1.54, 1.807) is 0 Å². The molecule has 2 heterocycles. The Hall–Kier alpha value is -0.970. The van der Waals surface area contributed by atoms with Gasteiger partial charge in [-0.1, -0.05) is 6.92 Å². The largest absolute Gasteiger partial charge is 0.329 e. The lowest BCUT2D eigenvalue weighted by Crippen LogP contribution is -2.58. The van der Waals surface area contributed by atoms with E-state index in [-0.39, 0.29) is 5.54 Å². The van der Waals surface area contributed by atoms with Crippen LogP contribution in [0, 0.1) is 0 Å². The smallest absolute Gasteiger partial charge is 0.0353 e. The Morgan fingerprint density at radius 3 is 2.52 bits per heavy atom. The van der Waals surface area contributed by atoms with E-state index in [1.807, 2.05) is 12.4 Å². The van der Waals surface area contributed by atoms with Crippen molar-refractivity contribution in [2.45, 2.75) is 38.1 Å². The molecule has 1 fully saturated rings. The number of aromatic nitrogens is 1. The van der Waals surface area contributed by atoms with E-state index < -0.39 is 0 Å². The average Bonchev–Trinajstić information content (AvgIpc) is 2.55. The van der Waals surface area contributed by atoms with Crippen molar-refractivity contribution in [3.05, 3.63) is 30.1 Å². The first-order valence-electron chi connectivity index (χ1n) is 8.23. The minimum absolute atomic E-state index is 0.192. The molecular formula is C17H30N4. The molecule has 4 nitrogen and oxygen atoms in total. The number of likely N-dealkylation sites (tertiary alicyclic amines) is 1. The van der Waals surface area contributed by atoms with Gasteiger partial charge in [0.05, 0.1) is 0 Å². The molecule has 2 N–H and O–H groups in total. The van der Waals surface area contributed by atoms with E-state index in [0.717, 1.165) is 19.5 Å². The fraction of sp³-hybridized carbons (Fsp3) is 0.706. The molecule has 0 aromatic carbocycles. The van der Waals surface area contributed by atoms with Crippen LogP contribution in [-0.4, -0.2) is 60.1 Å². The van der Waals surface area contributed by atoms with Gasteiger partial charge in [-0.05, 0) is 70.1 Å². The lowest BCUT2D eigenvalue weighted by molar-refractivity contribution is 0.0461. The van der Waals surface area contributed by atoms with Crippen LogP contribution in [0.4, 0.5) is 0 Å². The second kappa shape index (κ2) is 7.87. The molecule has 1 aromatic rings. The van der Waals surface area contributed by atoms with Crippen LogP contribution in [0.3, 0.4) is 0 Å². The first kappa shape index (κ1) is 16.4. The van der Waals surface area contributed by atoms with Crippen molar-refractivity contribution in [1.82, 2.24) is 14.8 Å². The van der Waals surface area contributed by atoms with Gasteiger partial charge < -0.3 is 10.6 Å². The quantitative estimate of drug-likeness (QED) is 0.831. The second-order valence-electron chi connectivity index (χ2n) is 6.30. The van der Waals surface area contributed by atoms with Crippen molar-refractivity contribution < 1.29 is 0 Å². The van der Waals surface area contributed by atoms with E-state index in [2.05, 4.69) is 40.9 Å². The molecular weight excluding hydrogens is 260 g/mol. The summed E-state index contributed by atoms with van der Waals surface area (Å²) in [4.78, 5) is 9.15. The van der Waals surface area contributed by atoms with E-state index in [0.29, 0.717) is 0 Å². The Morgan fingerprint density at radius 1 is 1.29 bits per heavy atom. The Bertz CT molecular complexity index is 399. The minimum atomic E-state index is 0.192. The van der Waals surface area contributed by atoms with Gasteiger partial charge in [0.2, 0.25) is 0 Å². The molecule has 118 valence electrons. The molecule has 1 saturated heterocycles. The number of pyridine rings is 1. The van der Waals surface area contributed by atoms with Gasteiger partial charge in [-0.25, -0.2) is 0 Å². The monoisotopic (exact) mass is 290 g/mol. The highest BCUT2D eigenvalue weighted by atomic mass is 15.2. The molecule has 0 aliphatic carbocycles. The van der Waals surface area contributed by atoms with Gasteiger partial charge in [-0.15, -0.1) is 0 Å². The van der Waals surface area contributed by atoms with Crippen LogP contribution >= 0.6 is 0 Å². The van der Waals surface area contributed by atoms with Crippen molar-refractivity contribution in [2.75, 3.05) is 39.8 Å². The van der Waals surface area contributed by atoms with Gasteiger partial charge in [-0.3, -0.25) is 9.88 Å². The summed E-state index contributed by atoms with van der Waals surface area (Å²) >= 11 is 0. The van der Waals surface area contributed by atoms with Gasteiger partial charge >= 0.3 is 0 Å². The summed E-state index contributed by atoms with van der Waals surface area (Å²) in [6.45, 7) is 7.68. The molecule has 1 aliphatic rings. The number of rotatable bonds is 7. The van der Waals surface area contributed by atoms with Crippen LogP contribution in [-0.2, 0) is 6.42 Å². The number of nitrogens with two attached hydrogens (primary N) is 1. The number of nitrogens with zero attached hydrogens (tertiary/aromatic N) is 3. The zero-order chi connectivity index (χ0) is 15.1. The number of piperidine rings is 1. The first-order chi connectivity index (χ1) is 10.2. The topological polar surface area (TPSA) is 45.4 Å². The molecule has 1 aromatic heterocycles. The van der Waals surface area contributed by atoms with Crippen molar-refractivity contribution in [3.63, 3.8) is 0 Å². The van der Waals surface area contributed by atoms with Gasteiger partial charge in [-0.2, -0.15) is 0 Å². The van der Waals surface area contributed by atoms with E-state index in [4.69, 9.17) is 5.73 Å². The van der Waals surface area contributed by atoms with E-state index in [9.17, 15) is 0 Å². The molecule has 4 heteroatoms. The maximum absolute atomic E-state index is 6.16. The van der Waals surface area contributed by atoms with Crippen LogP contribution in [0.25, 0.3) is 0 Å². The zero-order valence-electron chi connectivity index (χ0n) is 13.6. The fourth-order valence-corrected chi connectivity index (χ4v) is 3.33. The summed E-state index contributed by atoms with van der Waals surface area (Å²) in [6, 6.07) is 4.21. The van der Waals surface area contributed by atoms with Crippen molar-refractivity contribution in [3.8, 4) is 0 Å². The van der Waals surface area contributed by atoms with Crippen molar-refractivity contribution in [1.29, 1.82) is 0 Å². The molecule has 0 amide bonds. The summed E-state index contributed by atoms with van der Waals surface area (Å²) in [7, 11) is 2.24.